The van der Waals surface area contributed by atoms with Crippen molar-refractivity contribution in [2.24, 2.45) is 0 Å². The van der Waals surface area contributed by atoms with Crippen LogP contribution in [0.25, 0.3) is 0 Å². The smallest absolute Gasteiger partial charge is 0.322 e. The van der Waals surface area contributed by atoms with Gasteiger partial charge in [0.2, 0.25) is 0 Å². The molecule has 0 spiro atoms. The third-order valence-electron chi connectivity index (χ3n) is 5.05. The standard InChI is InChI=1S/C22H21Cl2N3O/c1-15-5-2-6-16(13-15)21-20-7-3-10-26(20)11-4-12-27(21)22(28)25-19-9-8-17(23)14-18(19)24/h2-3,5-10,13-14,21H,4,11-12H2,1H3,(H,25,28)/t21-/m1/s1. The van der Waals surface area contributed by atoms with Gasteiger partial charge in [0.05, 0.1) is 16.8 Å². The minimum atomic E-state index is -0.176. The van der Waals surface area contributed by atoms with Crippen molar-refractivity contribution in [1.29, 1.82) is 0 Å². The van der Waals surface area contributed by atoms with Gasteiger partial charge in [0, 0.05) is 30.0 Å². The summed E-state index contributed by atoms with van der Waals surface area (Å²) in [5.74, 6) is 0. The number of anilines is 1. The number of rotatable bonds is 2. The summed E-state index contributed by atoms with van der Waals surface area (Å²) in [7, 11) is 0. The average Bonchev–Trinajstić information content (AvgIpc) is 3.03. The number of fused-ring (bicyclic) bond motifs is 1. The zero-order valence-electron chi connectivity index (χ0n) is 15.5. The van der Waals surface area contributed by atoms with Crippen LogP contribution >= 0.6 is 23.2 Å². The van der Waals surface area contributed by atoms with Crippen LogP contribution in [0.5, 0.6) is 0 Å². The number of hydrogen-bond acceptors (Lipinski definition) is 1. The van der Waals surface area contributed by atoms with E-state index in [-0.39, 0.29) is 12.1 Å². The van der Waals surface area contributed by atoms with Gasteiger partial charge >= 0.3 is 6.03 Å². The summed E-state index contributed by atoms with van der Waals surface area (Å²) in [6, 6.07) is 17.2. The number of urea groups is 1. The van der Waals surface area contributed by atoms with E-state index in [9.17, 15) is 4.79 Å². The highest BCUT2D eigenvalue weighted by Crippen LogP contribution is 2.33. The van der Waals surface area contributed by atoms with Crippen LogP contribution in [0.4, 0.5) is 10.5 Å². The van der Waals surface area contributed by atoms with Crippen LogP contribution in [0.1, 0.15) is 29.3 Å². The molecule has 28 heavy (non-hydrogen) atoms. The van der Waals surface area contributed by atoms with Crippen LogP contribution in [0.2, 0.25) is 10.0 Å². The largest absolute Gasteiger partial charge is 0.349 e. The molecule has 4 rings (SSSR count). The topological polar surface area (TPSA) is 37.3 Å². The van der Waals surface area contributed by atoms with Crippen LogP contribution < -0.4 is 5.32 Å². The van der Waals surface area contributed by atoms with E-state index < -0.39 is 0 Å². The fourth-order valence-electron chi connectivity index (χ4n) is 3.77. The fourth-order valence-corrected chi connectivity index (χ4v) is 4.22. The lowest BCUT2D eigenvalue weighted by Gasteiger charge is -2.31. The molecule has 6 heteroatoms. The highest BCUT2D eigenvalue weighted by atomic mass is 35.5. The van der Waals surface area contributed by atoms with E-state index >= 15 is 0 Å². The maximum Gasteiger partial charge on any atom is 0.322 e. The van der Waals surface area contributed by atoms with Crippen molar-refractivity contribution in [1.82, 2.24) is 9.47 Å². The van der Waals surface area contributed by atoms with Gasteiger partial charge in [-0.3, -0.25) is 0 Å². The van der Waals surface area contributed by atoms with Crippen LogP contribution in [0, 0.1) is 6.92 Å². The Balaban J connectivity index is 1.71. The maximum atomic E-state index is 13.3. The Kier molecular flexibility index (Phi) is 5.33. The first-order chi connectivity index (χ1) is 13.5. The van der Waals surface area contributed by atoms with Gasteiger partial charge in [-0.25, -0.2) is 4.79 Å². The molecule has 1 N–H and O–H groups in total. The van der Waals surface area contributed by atoms with E-state index in [1.807, 2.05) is 17.0 Å². The number of carbonyl (C=O) groups excluding carboxylic acids is 1. The van der Waals surface area contributed by atoms with Crippen molar-refractivity contribution in [3.05, 3.63) is 87.7 Å². The summed E-state index contributed by atoms with van der Waals surface area (Å²) in [4.78, 5) is 15.2. The SMILES string of the molecule is Cc1cccc([C@@H]2c3cccn3CCCN2C(=O)Nc2ccc(Cl)cc2Cl)c1. The Hall–Kier alpha value is -2.43. The zero-order valence-corrected chi connectivity index (χ0v) is 17.0. The number of carbonyl (C=O) groups is 1. The first-order valence-electron chi connectivity index (χ1n) is 9.27. The molecule has 2 aromatic carbocycles. The summed E-state index contributed by atoms with van der Waals surface area (Å²) in [6.45, 7) is 3.60. The number of amides is 2. The summed E-state index contributed by atoms with van der Waals surface area (Å²) < 4.78 is 2.23. The minimum Gasteiger partial charge on any atom is -0.349 e. The second-order valence-electron chi connectivity index (χ2n) is 7.04. The van der Waals surface area contributed by atoms with Crippen LogP contribution in [-0.4, -0.2) is 22.0 Å². The fraction of sp³-hybridized carbons (Fsp3) is 0.227. The molecule has 1 atom stereocenters. The van der Waals surface area contributed by atoms with Gasteiger partial charge < -0.3 is 14.8 Å². The van der Waals surface area contributed by atoms with Gasteiger partial charge in [-0.1, -0.05) is 53.0 Å². The molecule has 0 radical (unpaired) electrons. The Morgan fingerprint density at radius 2 is 1.93 bits per heavy atom. The molecule has 0 unspecified atom stereocenters. The van der Waals surface area contributed by atoms with Gasteiger partial charge in [0.1, 0.15) is 0 Å². The number of aryl methyl sites for hydroxylation is 2. The van der Waals surface area contributed by atoms with Gasteiger partial charge in [-0.15, -0.1) is 0 Å². The summed E-state index contributed by atoms with van der Waals surface area (Å²) in [6.07, 6.45) is 2.96. The van der Waals surface area contributed by atoms with Crippen molar-refractivity contribution in [2.75, 3.05) is 11.9 Å². The Morgan fingerprint density at radius 1 is 1.07 bits per heavy atom. The molecule has 0 bridgehead atoms. The number of benzene rings is 2. The van der Waals surface area contributed by atoms with Crippen molar-refractivity contribution in [3.63, 3.8) is 0 Å². The molecule has 2 heterocycles. The molecule has 1 aromatic heterocycles. The first kappa shape index (κ1) is 18.9. The predicted octanol–water partition coefficient (Wildman–Crippen LogP) is 6.13. The summed E-state index contributed by atoms with van der Waals surface area (Å²) in [5.41, 5.74) is 3.93. The molecular weight excluding hydrogens is 393 g/mol. The van der Waals surface area contributed by atoms with Gasteiger partial charge in [-0.05, 0) is 49.2 Å². The Morgan fingerprint density at radius 3 is 2.71 bits per heavy atom. The van der Waals surface area contributed by atoms with E-state index in [1.54, 1.807) is 18.2 Å². The lowest BCUT2D eigenvalue weighted by atomic mass is 10.0. The number of aromatic nitrogens is 1. The predicted molar refractivity (Wildman–Crippen MR) is 114 cm³/mol. The summed E-state index contributed by atoms with van der Waals surface area (Å²) >= 11 is 12.2. The number of halogens is 2. The molecular formula is C22H21Cl2N3O. The van der Waals surface area contributed by atoms with Gasteiger partial charge in [0.25, 0.3) is 0 Å². The third-order valence-corrected chi connectivity index (χ3v) is 5.59. The van der Waals surface area contributed by atoms with Crippen LogP contribution in [-0.2, 0) is 6.54 Å². The minimum absolute atomic E-state index is 0.163. The van der Waals surface area contributed by atoms with Crippen LogP contribution in [0.15, 0.2) is 60.8 Å². The first-order valence-corrected chi connectivity index (χ1v) is 10.0. The average molecular weight is 414 g/mol. The second kappa shape index (κ2) is 7.90. The molecule has 1 aliphatic heterocycles. The highest BCUT2D eigenvalue weighted by Gasteiger charge is 2.31. The molecule has 4 nitrogen and oxygen atoms in total. The Bertz CT molecular complexity index is 1010. The van der Waals surface area contributed by atoms with Crippen molar-refractivity contribution >= 4 is 34.9 Å². The van der Waals surface area contributed by atoms with Crippen molar-refractivity contribution < 1.29 is 4.79 Å². The van der Waals surface area contributed by atoms with E-state index in [0.29, 0.717) is 22.3 Å². The normalized spacial score (nSPS) is 16.4. The second-order valence-corrected chi connectivity index (χ2v) is 7.89. The van der Waals surface area contributed by atoms with E-state index in [2.05, 4.69) is 47.3 Å². The molecule has 1 aliphatic rings. The van der Waals surface area contributed by atoms with Crippen molar-refractivity contribution in [2.45, 2.75) is 25.9 Å². The molecule has 144 valence electrons. The zero-order chi connectivity index (χ0) is 19.7. The van der Waals surface area contributed by atoms with Gasteiger partial charge in [-0.2, -0.15) is 0 Å². The van der Waals surface area contributed by atoms with E-state index in [1.165, 1.54) is 5.56 Å². The molecule has 2 amide bonds. The number of nitrogens with zero attached hydrogens (tertiary/aromatic N) is 2. The van der Waals surface area contributed by atoms with E-state index in [4.69, 9.17) is 23.2 Å². The van der Waals surface area contributed by atoms with Crippen molar-refractivity contribution in [3.8, 4) is 0 Å². The third kappa shape index (κ3) is 3.75. The number of nitrogens with one attached hydrogen (secondary N) is 1. The maximum absolute atomic E-state index is 13.3. The molecule has 0 saturated carbocycles. The highest BCUT2D eigenvalue weighted by molar-refractivity contribution is 6.36. The van der Waals surface area contributed by atoms with Crippen LogP contribution in [0.3, 0.4) is 0 Å². The van der Waals surface area contributed by atoms with Gasteiger partial charge in [0.15, 0.2) is 0 Å². The quantitative estimate of drug-likeness (QED) is 0.538. The molecule has 3 aromatic rings. The molecule has 0 fully saturated rings. The molecule has 0 saturated heterocycles. The lowest BCUT2D eigenvalue weighted by Crippen LogP contribution is -2.38. The lowest BCUT2D eigenvalue weighted by molar-refractivity contribution is 0.199. The Labute approximate surface area is 174 Å². The monoisotopic (exact) mass is 413 g/mol. The number of hydrogen-bond donors (Lipinski definition) is 1. The summed E-state index contributed by atoms with van der Waals surface area (Å²) in [5, 5.41) is 3.92. The molecule has 0 aliphatic carbocycles. The van der Waals surface area contributed by atoms with E-state index in [0.717, 1.165) is 24.2 Å².